The number of benzene rings is 1. The number of rotatable bonds is 0. The van der Waals surface area contributed by atoms with Crippen LogP contribution in [0.4, 0.5) is 0 Å². The molecule has 0 bridgehead atoms. The van der Waals surface area contributed by atoms with Crippen molar-refractivity contribution in [3.8, 4) is 11.5 Å². The summed E-state index contributed by atoms with van der Waals surface area (Å²) >= 11 is 0. The molecule has 2 rings (SSSR count). The molecule has 1 aliphatic heterocycles. The number of hydrogen-bond donors (Lipinski definition) is 1. The molecule has 12 heavy (non-hydrogen) atoms. The highest BCUT2D eigenvalue weighted by Crippen LogP contribution is 2.35. The largest absolute Gasteiger partial charge is 0.508 e. The Kier molecular flexibility index (Phi) is 1.68. The zero-order chi connectivity index (χ0) is 8.55. The molecular formula is C10H12O2. The van der Waals surface area contributed by atoms with Crippen LogP contribution in [-0.2, 0) is 0 Å². The van der Waals surface area contributed by atoms with Crippen LogP contribution < -0.4 is 4.74 Å². The number of ether oxygens (including phenoxy) is 1. The lowest BCUT2D eigenvalue weighted by Gasteiger charge is -2.22. The summed E-state index contributed by atoms with van der Waals surface area (Å²) in [5.74, 6) is 1.75. The van der Waals surface area contributed by atoms with E-state index in [1.165, 1.54) is 0 Å². The number of aromatic hydroxyl groups is 1. The van der Waals surface area contributed by atoms with E-state index in [2.05, 4.69) is 6.92 Å². The Labute approximate surface area is 71.8 Å². The molecule has 0 saturated heterocycles. The second-order valence-electron chi connectivity index (χ2n) is 3.26. The Morgan fingerprint density at radius 3 is 3.17 bits per heavy atom. The van der Waals surface area contributed by atoms with E-state index in [-0.39, 0.29) is 0 Å². The van der Waals surface area contributed by atoms with Crippen LogP contribution in [0.3, 0.4) is 0 Å². The molecule has 1 aromatic carbocycles. The van der Waals surface area contributed by atoms with E-state index in [9.17, 15) is 5.11 Å². The van der Waals surface area contributed by atoms with Gasteiger partial charge in [0.1, 0.15) is 11.5 Å². The molecule has 1 atom stereocenters. The summed E-state index contributed by atoms with van der Waals surface area (Å²) in [4.78, 5) is 0. The van der Waals surface area contributed by atoms with Gasteiger partial charge >= 0.3 is 0 Å². The first-order valence-electron chi connectivity index (χ1n) is 4.23. The Bertz CT molecular complexity index is 294. The van der Waals surface area contributed by atoms with E-state index in [0.717, 1.165) is 24.3 Å². The molecule has 0 fully saturated rings. The van der Waals surface area contributed by atoms with Gasteiger partial charge in [-0.1, -0.05) is 6.92 Å². The zero-order valence-electron chi connectivity index (χ0n) is 7.08. The summed E-state index contributed by atoms with van der Waals surface area (Å²) < 4.78 is 5.44. The molecule has 1 heterocycles. The van der Waals surface area contributed by atoms with Crippen LogP contribution in [0.2, 0.25) is 0 Å². The molecule has 1 N–H and O–H groups in total. The standard InChI is InChI=1S/C10H12O2/c1-7-4-5-12-10-3-2-8(11)6-9(7)10/h2-3,6-7,11H,4-5H2,1H3/t7-/m0/s1. The van der Waals surface area contributed by atoms with Crippen LogP contribution in [-0.4, -0.2) is 11.7 Å². The maximum Gasteiger partial charge on any atom is 0.123 e. The van der Waals surface area contributed by atoms with Gasteiger partial charge in [-0.05, 0) is 30.5 Å². The molecular weight excluding hydrogens is 152 g/mol. The van der Waals surface area contributed by atoms with Gasteiger partial charge in [0.15, 0.2) is 0 Å². The fourth-order valence-corrected chi connectivity index (χ4v) is 1.55. The Hall–Kier alpha value is -1.18. The number of phenolic OH excluding ortho intramolecular Hbond substituents is 1. The molecule has 1 aliphatic rings. The predicted molar refractivity (Wildman–Crippen MR) is 46.6 cm³/mol. The summed E-state index contributed by atoms with van der Waals surface area (Å²) in [6, 6.07) is 5.29. The smallest absolute Gasteiger partial charge is 0.123 e. The summed E-state index contributed by atoms with van der Waals surface area (Å²) in [5.41, 5.74) is 1.13. The molecule has 0 aromatic heterocycles. The van der Waals surface area contributed by atoms with Gasteiger partial charge in [0.05, 0.1) is 6.61 Å². The zero-order valence-corrected chi connectivity index (χ0v) is 7.08. The maximum atomic E-state index is 9.25. The fraction of sp³-hybridized carbons (Fsp3) is 0.400. The highest BCUT2D eigenvalue weighted by atomic mass is 16.5. The van der Waals surface area contributed by atoms with Crippen molar-refractivity contribution in [3.05, 3.63) is 23.8 Å². The average Bonchev–Trinajstić information content (AvgIpc) is 2.07. The molecule has 0 aliphatic carbocycles. The SMILES string of the molecule is C[C@H]1CCOc2ccc(O)cc21. The van der Waals surface area contributed by atoms with Crippen molar-refractivity contribution in [2.45, 2.75) is 19.3 Å². The Morgan fingerprint density at radius 1 is 1.50 bits per heavy atom. The lowest BCUT2D eigenvalue weighted by atomic mass is 9.95. The molecule has 0 radical (unpaired) electrons. The van der Waals surface area contributed by atoms with E-state index < -0.39 is 0 Å². The monoisotopic (exact) mass is 164 g/mol. The van der Waals surface area contributed by atoms with E-state index in [1.807, 2.05) is 6.07 Å². The number of phenols is 1. The van der Waals surface area contributed by atoms with E-state index in [1.54, 1.807) is 12.1 Å². The van der Waals surface area contributed by atoms with Crippen molar-refractivity contribution in [2.24, 2.45) is 0 Å². The van der Waals surface area contributed by atoms with Crippen LogP contribution in [0.25, 0.3) is 0 Å². The van der Waals surface area contributed by atoms with Crippen LogP contribution >= 0.6 is 0 Å². The normalized spacial score (nSPS) is 21.2. The maximum absolute atomic E-state index is 9.25. The second-order valence-corrected chi connectivity index (χ2v) is 3.26. The van der Waals surface area contributed by atoms with Gasteiger partial charge in [0, 0.05) is 5.56 Å². The third-order valence-electron chi connectivity index (χ3n) is 2.33. The van der Waals surface area contributed by atoms with Crippen LogP contribution in [0.5, 0.6) is 11.5 Å². The highest BCUT2D eigenvalue weighted by Gasteiger charge is 2.17. The van der Waals surface area contributed by atoms with Crippen LogP contribution in [0.1, 0.15) is 24.8 Å². The quantitative estimate of drug-likeness (QED) is 0.637. The van der Waals surface area contributed by atoms with Crippen LogP contribution in [0.15, 0.2) is 18.2 Å². The molecule has 0 unspecified atom stereocenters. The van der Waals surface area contributed by atoms with Gasteiger partial charge in [-0.15, -0.1) is 0 Å². The minimum Gasteiger partial charge on any atom is -0.508 e. The lowest BCUT2D eigenvalue weighted by molar-refractivity contribution is 0.271. The highest BCUT2D eigenvalue weighted by molar-refractivity contribution is 5.42. The molecule has 0 amide bonds. The Balaban J connectivity index is 2.47. The fourth-order valence-electron chi connectivity index (χ4n) is 1.55. The van der Waals surface area contributed by atoms with Gasteiger partial charge in [0.2, 0.25) is 0 Å². The third-order valence-corrected chi connectivity index (χ3v) is 2.33. The minimum absolute atomic E-state index is 0.325. The first-order chi connectivity index (χ1) is 5.77. The number of hydrogen-bond acceptors (Lipinski definition) is 2. The second kappa shape index (κ2) is 2.70. The number of fused-ring (bicyclic) bond motifs is 1. The predicted octanol–water partition coefficient (Wildman–Crippen LogP) is 2.28. The summed E-state index contributed by atoms with van der Waals surface area (Å²) in [7, 11) is 0. The van der Waals surface area contributed by atoms with E-state index in [4.69, 9.17) is 4.74 Å². The molecule has 0 spiro atoms. The van der Waals surface area contributed by atoms with Gasteiger partial charge < -0.3 is 9.84 Å². The lowest BCUT2D eigenvalue weighted by Crippen LogP contribution is -2.11. The molecule has 0 saturated carbocycles. The molecule has 2 heteroatoms. The topological polar surface area (TPSA) is 29.5 Å². The van der Waals surface area contributed by atoms with Crippen molar-refractivity contribution in [1.29, 1.82) is 0 Å². The molecule has 1 aromatic rings. The van der Waals surface area contributed by atoms with Crippen molar-refractivity contribution in [1.82, 2.24) is 0 Å². The first kappa shape index (κ1) is 7.47. The minimum atomic E-state index is 0.325. The first-order valence-corrected chi connectivity index (χ1v) is 4.23. The van der Waals surface area contributed by atoms with Crippen molar-refractivity contribution >= 4 is 0 Å². The summed E-state index contributed by atoms with van der Waals surface area (Å²) in [5, 5.41) is 9.25. The average molecular weight is 164 g/mol. The van der Waals surface area contributed by atoms with Gasteiger partial charge in [-0.25, -0.2) is 0 Å². The van der Waals surface area contributed by atoms with Gasteiger partial charge in [-0.2, -0.15) is 0 Å². The van der Waals surface area contributed by atoms with Gasteiger partial charge in [0.25, 0.3) is 0 Å². The van der Waals surface area contributed by atoms with Crippen LogP contribution in [0, 0.1) is 0 Å². The summed E-state index contributed by atoms with van der Waals surface area (Å²) in [6.45, 7) is 2.94. The van der Waals surface area contributed by atoms with Crippen molar-refractivity contribution in [3.63, 3.8) is 0 Å². The Morgan fingerprint density at radius 2 is 2.33 bits per heavy atom. The van der Waals surface area contributed by atoms with Crippen molar-refractivity contribution in [2.75, 3.05) is 6.61 Å². The molecule has 64 valence electrons. The van der Waals surface area contributed by atoms with E-state index >= 15 is 0 Å². The third kappa shape index (κ3) is 1.13. The van der Waals surface area contributed by atoms with Crippen molar-refractivity contribution < 1.29 is 9.84 Å². The molecule has 2 nitrogen and oxygen atoms in total. The summed E-state index contributed by atoms with van der Waals surface area (Å²) in [6.07, 6.45) is 1.04. The van der Waals surface area contributed by atoms with Gasteiger partial charge in [-0.3, -0.25) is 0 Å². The van der Waals surface area contributed by atoms with E-state index in [0.29, 0.717) is 11.7 Å².